The van der Waals surface area contributed by atoms with Crippen molar-refractivity contribution in [3.05, 3.63) is 89.3 Å². The van der Waals surface area contributed by atoms with Gasteiger partial charge in [0.05, 0.1) is 11.1 Å². The highest BCUT2D eigenvalue weighted by atomic mass is 16.4. The first-order chi connectivity index (χ1) is 14.4. The number of amides is 1. The van der Waals surface area contributed by atoms with Gasteiger partial charge in [0, 0.05) is 23.3 Å². The lowest BCUT2D eigenvalue weighted by Gasteiger charge is -2.08. The molecular weight excluding hydrogens is 386 g/mol. The maximum Gasteiger partial charge on any atom is 0.335 e. The van der Waals surface area contributed by atoms with E-state index >= 15 is 0 Å². The molecule has 0 unspecified atom stereocenters. The minimum absolute atomic E-state index is 0.00831. The first-order valence-corrected chi connectivity index (χ1v) is 8.66. The Balaban J connectivity index is 1.87. The normalized spacial score (nSPS) is 10.8. The highest BCUT2D eigenvalue weighted by Gasteiger charge is 2.13. The second-order valence-corrected chi connectivity index (χ2v) is 6.16. The third kappa shape index (κ3) is 4.43. The zero-order valence-electron chi connectivity index (χ0n) is 15.4. The van der Waals surface area contributed by atoms with Gasteiger partial charge < -0.3 is 20.1 Å². The number of carboxylic acid groups (broad SMARTS) is 2. The second-order valence-electron chi connectivity index (χ2n) is 6.16. The fourth-order valence-electron chi connectivity index (χ4n) is 2.74. The van der Waals surface area contributed by atoms with Crippen molar-refractivity contribution in [2.45, 2.75) is 0 Å². The number of carboxylic acids is 2. The molecule has 30 heavy (non-hydrogen) atoms. The molecule has 3 rings (SSSR count). The molecule has 1 amide bonds. The number of hydrogen-bond acceptors (Lipinski definition) is 4. The van der Waals surface area contributed by atoms with Gasteiger partial charge in [-0.15, -0.1) is 0 Å². The number of nitrogens with one attached hydrogen (secondary N) is 1. The largest absolute Gasteiger partial charge is 0.478 e. The summed E-state index contributed by atoms with van der Waals surface area (Å²) in [5.74, 6) is -2.85. The van der Waals surface area contributed by atoms with Crippen molar-refractivity contribution < 1.29 is 24.6 Å². The molecule has 1 aromatic heterocycles. The van der Waals surface area contributed by atoms with Gasteiger partial charge >= 0.3 is 11.9 Å². The molecule has 0 aliphatic carbocycles. The Labute approximate surface area is 170 Å². The van der Waals surface area contributed by atoms with E-state index in [0.717, 1.165) is 0 Å². The lowest BCUT2D eigenvalue weighted by Crippen LogP contribution is -2.14. The number of carbonyl (C=O) groups excluding carboxylic acids is 1. The molecular formula is C22H15N3O5. The fourth-order valence-corrected chi connectivity index (χ4v) is 2.74. The Morgan fingerprint density at radius 1 is 0.933 bits per heavy atom. The summed E-state index contributed by atoms with van der Waals surface area (Å²) >= 11 is 0. The van der Waals surface area contributed by atoms with Gasteiger partial charge in [0.1, 0.15) is 11.6 Å². The van der Waals surface area contributed by atoms with Crippen LogP contribution in [0.3, 0.4) is 0 Å². The zero-order valence-corrected chi connectivity index (χ0v) is 15.4. The van der Waals surface area contributed by atoms with E-state index in [9.17, 15) is 19.6 Å². The van der Waals surface area contributed by atoms with Crippen LogP contribution in [0.15, 0.2) is 72.4 Å². The third-order valence-electron chi connectivity index (χ3n) is 4.20. The Hall–Kier alpha value is -4.64. The summed E-state index contributed by atoms with van der Waals surface area (Å²) in [6, 6.07) is 17.1. The van der Waals surface area contributed by atoms with Crippen molar-refractivity contribution in [1.82, 2.24) is 4.57 Å². The zero-order chi connectivity index (χ0) is 21.7. The van der Waals surface area contributed by atoms with E-state index in [-0.39, 0.29) is 22.4 Å². The number of hydrogen-bond donors (Lipinski definition) is 3. The summed E-state index contributed by atoms with van der Waals surface area (Å²) in [7, 11) is 0. The molecule has 0 spiro atoms. The van der Waals surface area contributed by atoms with Gasteiger partial charge in [-0.1, -0.05) is 6.07 Å². The smallest absolute Gasteiger partial charge is 0.335 e. The maximum atomic E-state index is 12.5. The molecule has 1 heterocycles. The molecule has 0 saturated carbocycles. The van der Waals surface area contributed by atoms with E-state index in [4.69, 9.17) is 10.2 Å². The van der Waals surface area contributed by atoms with Crippen LogP contribution in [0.25, 0.3) is 11.8 Å². The Morgan fingerprint density at radius 2 is 1.63 bits per heavy atom. The molecule has 0 aliphatic heterocycles. The van der Waals surface area contributed by atoms with Crippen LogP contribution in [0.1, 0.15) is 26.4 Å². The number of aromatic nitrogens is 1. The number of rotatable bonds is 6. The molecule has 8 nitrogen and oxygen atoms in total. The molecule has 0 fully saturated rings. The number of anilines is 1. The van der Waals surface area contributed by atoms with Gasteiger partial charge in [-0.05, 0) is 60.7 Å². The number of nitriles is 1. The highest BCUT2D eigenvalue weighted by Crippen LogP contribution is 2.18. The van der Waals surface area contributed by atoms with Gasteiger partial charge in [0.25, 0.3) is 5.91 Å². The standard InChI is InChI=1S/C22H15N3O5/c23-13-16(20(26)24-17-4-1-3-15(11-17)22(29)30)12-19-5-2-10-25(19)18-8-6-14(7-9-18)21(27)28/h1-12H,(H,24,26)(H,27,28)(H,29,30)/b16-12-. The van der Waals surface area contributed by atoms with E-state index < -0.39 is 17.8 Å². The Bertz CT molecular complexity index is 1200. The van der Waals surface area contributed by atoms with Crippen LogP contribution in [0, 0.1) is 11.3 Å². The van der Waals surface area contributed by atoms with E-state index in [1.165, 1.54) is 42.5 Å². The first-order valence-electron chi connectivity index (χ1n) is 8.66. The van der Waals surface area contributed by atoms with Crippen LogP contribution in [0.4, 0.5) is 5.69 Å². The molecule has 3 N–H and O–H groups in total. The van der Waals surface area contributed by atoms with E-state index in [1.807, 2.05) is 6.07 Å². The quantitative estimate of drug-likeness (QED) is 0.428. The van der Waals surface area contributed by atoms with Crippen LogP contribution in [0.5, 0.6) is 0 Å². The van der Waals surface area contributed by atoms with Gasteiger partial charge in [-0.3, -0.25) is 4.79 Å². The predicted octanol–water partition coefficient (Wildman–Crippen LogP) is 3.42. The van der Waals surface area contributed by atoms with Crippen molar-refractivity contribution in [3.8, 4) is 11.8 Å². The van der Waals surface area contributed by atoms with Crippen molar-refractivity contribution in [1.29, 1.82) is 5.26 Å². The summed E-state index contributed by atoms with van der Waals surface area (Å²) in [5.41, 5.74) is 1.41. The van der Waals surface area contributed by atoms with Crippen LogP contribution < -0.4 is 5.32 Å². The van der Waals surface area contributed by atoms with Gasteiger partial charge in [-0.2, -0.15) is 5.26 Å². The average molecular weight is 401 g/mol. The van der Waals surface area contributed by atoms with Crippen molar-refractivity contribution >= 4 is 29.6 Å². The Morgan fingerprint density at radius 3 is 2.27 bits per heavy atom. The molecule has 0 atom stereocenters. The van der Waals surface area contributed by atoms with E-state index in [0.29, 0.717) is 11.4 Å². The topological polar surface area (TPSA) is 132 Å². The first kappa shape index (κ1) is 20.1. The SMILES string of the molecule is N#C/C(=C/c1cccn1-c1ccc(C(=O)O)cc1)C(=O)Nc1cccc(C(=O)O)c1. The summed E-state index contributed by atoms with van der Waals surface area (Å²) in [6.45, 7) is 0. The fraction of sp³-hybridized carbons (Fsp3) is 0. The third-order valence-corrected chi connectivity index (χ3v) is 4.20. The minimum Gasteiger partial charge on any atom is -0.478 e. The minimum atomic E-state index is -1.13. The molecule has 3 aromatic rings. The van der Waals surface area contributed by atoms with E-state index in [2.05, 4.69) is 5.32 Å². The van der Waals surface area contributed by atoms with Crippen LogP contribution in [0.2, 0.25) is 0 Å². The highest BCUT2D eigenvalue weighted by molar-refractivity contribution is 6.09. The monoisotopic (exact) mass is 401 g/mol. The summed E-state index contributed by atoms with van der Waals surface area (Å²) in [6.07, 6.45) is 3.10. The van der Waals surface area contributed by atoms with Gasteiger partial charge in [0.15, 0.2) is 0 Å². The lowest BCUT2D eigenvalue weighted by molar-refractivity contribution is -0.112. The summed E-state index contributed by atoms with van der Waals surface area (Å²) in [5, 5.41) is 30.0. The number of aromatic carboxylic acids is 2. The van der Waals surface area contributed by atoms with Gasteiger partial charge in [0.2, 0.25) is 0 Å². The summed E-state index contributed by atoms with van der Waals surface area (Å²) in [4.78, 5) is 34.6. The van der Waals surface area contributed by atoms with Crippen molar-refractivity contribution in [3.63, 3.8) is 0 Å². The molecule has 148 valence electrons. The number of nitrogens with zero attached hydrogens (tertiary/aromatic N) is 2. The number of benzene rings is 2. The van der Waals surface area contributed by atoms with E-state index in [1.54, 1.807) is 35.0 Å². The predicted molar refractivity (Wildman–Crippen MR) is 108 cm³/mol. The van der Waals surface area contributed by atoms with Gasteiger partial charge in [-0.25, -0.2) is 9.59 Å². The molecule has 0 saturated heterocycles. The van der Waals surface area contributed by atoms with Crippen LogP contribution in [-0.4, -0.2) is 32.6 Å². The molecule has 8 heteroatoms. The molecule has 0 radical (unpaired) electrons. The molecule has 2 aromatic carbocycles. The number of carbonyl (C=O) groups is 3. The maximum absolute atomic E-state index is 12.5. The summed E-state index contributed by atoms with van der Waals surface area (Å²) < 4.78 is 1.70. The lowest BCUT2D eigenvalue weighted by atomic mass is 10.1. The van der Waals surface area contributed by atoms with Crippen molar-refractivity contribution in [2.75, 3.05) is 5.32 Å². The molecule has 0 bridgehead atoms. The Kier molecular flexibility index (Phi) is 5.75. The van der Waals surface area contributed by atoms with Crippen LogP contribution >= 0.6 is 0 Å². The van der Waals surface area contributed by atoms with Crippen LogP contribution in [-0.2, 0) is 4.79 Å². The second kappa shape index (κ2) is 8.58. The average Bonchev–Trinajstić information content (AvgIpc) is 3.20. The molecule has 0 aliphatic rings. The van der Waals surface area contributed by atoms with Crippen molar-refractivity contribution in [2.24, 2.45) is 0 Å².